The third-order valence-electron chi connectivity index (χ3n) is 3.02. The summed E-state index contributed by atoms with van der Waals surface area (Å²) >= 11 is 0. The van der Waals surface area contributed by atoms with Gasteiger partial charge in [-0.25, -0.2) is 4.39 Å². The molecule has 1 aromatic rings. The first kappa shape index (κ1) is 10.3. The zero-order chi connectivity index (χ0) is 11.1. The number of rotatable bonds is 3. The maximum absolute atomic E-state index is 12.7. The summed E-state index contributed by atoms with van der Waals surface area (Å²) in [5, 5.41) is 0. The second-order valence-electron chi connectivity index (χ2n) is 4.39. The van der Waals surface area contributed by atoms with E-state index in [2.05, 4.69) is 0 Å². The molecule has 0 aliphatic heterocycles. The fraction of sp³-hybridized carbons (Fsp3) is 0.417. The molecule has 15 heavy (non-hydrogen) atoms. The molecule has 1 aliphatic rings. The van der Waals surface area contributed by atoms with E-state index in [9.17, 15) is 9.18 Å². The van der Waals surface area contributed by atoms with Crippen LogP contribution < -0.4 is 5.73 Å². The molecule has 80 valence electrons. The van der Waals surface area contributed by atoms with Crippen LogP contribution in [-0.4, -0.2) is 11.3 Å². The summed E-state index contributed by atoms with van der Waals surface area (Å²) in [6.45, 7) is 1.76. The lowest BCUT2D eigenvalue weighted by atomic mass is 9.87. The third kappa shape index (κ3) is 1.92. The Kier molecular flexibility index (Phi) is 2.35. The standard InChI is InChI=1S/C12H14FNO/c1-12(14,9-4-5-9)11(15)8-2-6-10(13)7-3-8/h2-3,6-7,9H,4-5,14H2,1H3. The lowest BCUT2D eigenvalue weighted by Gasteiger charge is -2.22. The van der Waals surface area contributed by atoms with Crippen molar-refractivity contribution < 1.29 is 9.18 Å². The second-order valence-corrected chi connectivity index (χ2v) is 4.39. The van der Waals surface area contributed by atoms with E-state index >= 15 is 0 Å². The Morgan fingerprint density at radius 1 is 1.40 bits per heavy atom. The molecular formula is C12H14FNO. The van der Waals surface area contributed by atoms with E-state index in [4.69, 9.17) is 5.73 Å². The minimum atomic E-state index is -0.794. The average Bonchev–Trinajstić information content (AvgIpc) is 3.01. The quantitative estimate of drug-likeness (QED) is 0.771. The van der Waals surface area contributed by atoms with E-state index in [-0.39, 0.29) is 17.5 Å². The molecule has 0 bridgehead atoms. The molecule has 0 spiro atoms. The van der Waals surface area contributed by atoms with E-state index in [1.807, 2.05) is 0 Å². The fourth-order valence-electron chi connectivity index (χ4n) is 1.78. The largest absolute Gasteiger partial charge is 0.319 e. The van der Waals surface area contributed by atoms with E-state index in [0.717, 1.165) is 12.8 Å². The first-order chi connectivity index (χ1) is 7.01. The number of hydrogen-bond acceptors (Lipinski definition) is 2. The Labute approximate surface area is 88.3 Å². The highest BCUT2D eigenvalue weighted by Crippen LogP contribution is 2.39. The van der Waals surface area contributed by atoms with Gasteiger partial charge >= 0.3 is 0 Å². The molecule has 0 radical (unpaired) electrons. The zero-order valence-electron chi connectivity index (χ0n) is 8.66. The molecule has 0 aromatic heterocycles. The highest BCUT2D eigenvalue weighted by atomic mass is 19.1. The molecule has 1 aliphatic carbocycles. The average molecular weight is 207 g/mol. The van der Waals surface area contributed by atoms with Crippen molar-refractivity contribution in [3.63, 3.8) is 0 Å². The molecule has 0 saturated heterocycles. The summed E-state index contributed by atoms with van der Waals surface area (Å²) < 4.78 is 12.7. The van der Waals surface area contributed by atoms with E-state index in [0.29, 0.717) is 5.56 Å². The molecule has 0 amide bonds. The molecule has 0 heterocycles. The van der Waals surface area contributed by atoms with Crippen LogP contribution in [0.2, 0.25) is 0 Å². The summed E-state index contributed by atoms with van der Waals surface area (Å²) in [7, 11) is 0. The molecule has 1 aromatic carbocycles. The number of benzene rings is 1. The van der Waals surface area contributed by atoms with Gasteiger partial charge in [0.2, 0.25) is 0 Å². The molecule has 1 fully saturated rings. The number of ketones is 1. The van der Waals surface area contributed by atoms with E-state index in [1.54, 1.807) is 6.92 Å². The predicted molar refractivity (Wildman–Crippen MR) is 56.0 cm³/mol. The van der Waals surface area contributed by atoms with Crippen molar-refractivity contribution in [3.8, 4) is 0 Å². The summed E-state index contributed by atoms with van der Waals surface area (Å²) in [6, 6.07) is 5.56. The first-order valence-corrected chi connectivity index (χ1v) is 5.11. The normalized spacial score (nSPS) is 19.7. The van der Waals surface area contributed by atoms with Gasteiger partial charge in [0.1, 0.15) is 5.82 Å². The van der Waals surface area contributed by atoms with Crippen molar-refractivity contribution in [2.45, 2.75) is 25.3 Å². The number of nitrogens with two attached hydrogens (primary N) is 1. The maximum Gasteiger partial charge on any atom is 0.182 e. The summed E-state index contributed by atoms with van der Waals surface area (Å²) in [4.78, 5) is 12.0. The summed E-state index contributed by atoms with van der Waals surface area (Å²) in [6.07, 6.45) is 2.03. The first-order valence-electron chi connectivity index (χ1n) is 5.11. The second kappa shape index (κ2) is 3.42. The fourth-order valence-corrected chi connectivity index (χ4v) is 1.78. The van der Waals surface area contributed by atoms with Crippen LogP contribution in [0.15, 0.2) is 24.3 Å². The van der Waals surface area contributed by atoms with Crippen LogP contribution in [0.1, 0.15) is 30.1 Å². The summed E-state index contributed by atoms with van der Waals surface area (Å²) in [5.74, 6) is -0.142. The number of carbonyl (C=O) groups is 1. The van der Waals surface area contributed by atoms with Crippen molar-refractivity contribution in [2.24, 2.45) is 11.7 Å². The van der Waals surface area contributed by atoms with Crippen LogP contribution in [0.4, 0.5) is 4.39 Å². The van der Waals surface area contributed by atoms with Crippen molar-refractivity contribution in [1.82, 2.24) is 0 Å². The van der Waals surface area contributed by atoms with Crippen LogP contribution in [0.5, 0.6) is 0 Å². The van der Waals surface area contributed by atoms with Gasteiger partial charge in [-0.05, 0) is 49.9 Å². The Morgan fingerprint density at radius 2 is 1.93 bits per heavy atom. The Balaban J connectivity index is 2.23. The predicted octanol–water partition coefficient (Wildman–Crippen LogP) is 2.14. The molecule has 1 saturated carbocycles. The zero-order valence-corrected chi connectivity index (χ0v) is 8.66. The van der Waals surface area contributed by atoms with Gasteiger partial charge in [0, 0.05) is 5.56 Å². The minimum Gasteiger partial charge on any atom is -0.319 e. The SMILES string of the molecule is CC(N)(C(=O)c1ccc(F)cc1)C1CC1. The van der Waals surface area contributed by atoms with Crippen LogP contribution in [0.25, 0.3) is 0 Å². The molecule has 2 rings (SSSR count). The lowest BCUT2D eigenvalue weighted by Crippen LogP contribution is -2.47. The molecular weight excluding hydrogens is 193 g/mol. The third-order valence-corrected chi connectivity index (χ3v) is 3.02. The van der Waals surface area contributed by atoms with Gasteiger partial charge in [-0.2, -0.15) is 0 Å². The monoisotopic (exact) mass is 207 g/mol. The number of halogens is 1. The van der Waals surface area contributed by atoms with Gasteiger partial charge in [0.05, 0.1) is 5.54 Å². The number of Topliss-reactive ketones (excluding diaryl/α,β-unsaturated/α-hetero) is 1. The molecule has 2 N–H and O–H groups in total. The van der Waals surface area contributed by atoms with Crippen molar-refractivity contribution in [3.05, 3.63) is 35.6 Å². The number of carbonyl (C=O) groups excluding carboxylic acids is 1. The molecule has 1 atom stereocenters. The highest BCUT2D eigenvalue weighted by Gasteiger charge is 2.44. The van der Waals surface area contributed by atoms with Gasteiger partial charge in [-0.1, -0.05) is 0 Å². The summed E-state index contributed by atoms with van der Waals surface area (Å²) in [5.41, 5.74) is 5.69. The maximum atomic E-state index is 12.7. The smallest absolute Gasteiger partial charge is 0.182 e. The minimum absolute atomic E-state index is 0.0926. The van der Waals surface area contributed by atoms with Gasteiger partial charge in [0.15, 0.2) is 5.78 Å². The van der Waals surface area contributed by atoms with Gasteiger partial charge in [-0.15, -0.1) is 0 Å². The molecule has 2 nitrogen and oxygen atoms in total. The molecule has 3 heteroatoms. The number of hydrogen-bond donors (Lipinski definition) is 1. The van der Waals surface area contributed by atoms with Crippen LogP contribution in [-0.2, 0) is 0 Å². The van der Waals surface area contributed by atoms with Crippen molar-refractivity contribution in [1.29, 1.82) is 0 Å². The Bertz CT molecular complexity index is 379. The van der Waals surface area contributed by atoms with E-state index < -0.39 is 5.54 Å². The Hall–Kier alpha value is -1.22. The van der Waals surface area contributed by atoms with Gasteiger partial charge in [0.25, 0.3) is 0 Å². The van der Waals surface area contributed by atoms with Crippen LogP contribution in [0.3, 0.4) is 0 Å². The lowest BCUT2D eigenvalue weighted by molar-refractivity contribution is 0.0883. The van der Waals surface area contributed by atoms with Crippen molar-refractivity contribution >= 4 is 5.78 Å². The van der Waals surface area contributed by atoms with Gasteiger partial charge in [-0.3, -0.25) is 4.79 Å². The van der Waals surface area contributed by atoms with E-state index in [1.165, 1.54) is 24.3 Å². The van der Waals surface area contributed by atoms with Crippen LogP contribution >= 0.6 is 0 Å². The Morgan fingerprint density at radius 3 is 2.40 bits per heavy atom. The highest BCUT2D eigenvalue weighted by molar-refractivity contribution is 6.03. The van der Waals surface area contributed by atoms with Crippen molar-refractivity contribution in [2.75, 3.05) is 0 Å². The van der Waals surface area contributed by atoms with Crippen LogP contribution in [0, 0.1) is 11.7 Å². The topological polar surface area (TPSA) is 43.1 Å². The van der Waals surface area contributed by atoms with Gasteiger partial charge < -0.3 is 5.73 Å². The molecule has 1 unspecified atom stereocenters.